The van der Waals surface area contributed by atoms with Gasteiger partial charge in [-0.15, -0.1) is 0 Å². The summed E-state index contributed by atoms with van der Waals surface area (Å²) in [6.45, 7) is 28.9. The third kappa shape index (κ3) is 6.21. The summed E-state index contributed by atoms with van der Waals surface area (Å²) in [5, 5.41) is 1.16. The number of aryl methyl sites for hydroxylation is 1. The minimum absolute atomic E-state index is 0.0146. The number of rotatable bonds is 3. The maximum Gasteiger partial charge on any atom is 0.297 e. The van der Waals surface area contributed by atoms with Crippen molar-refractivity contribution in [2.75, 3.05) is 9.80 Å². The maximum absolute atomic E-state index is 15.3. The first-order valence-corrected chi connectivity index (χ1v) is 25.2. The predicted molar refractivity (Wildman–Crippen MR) is 282 cm³/mol. The van der Waals surface area contributed by atoms with Crippen molar-refractivity contribution in [3.05, 3.63) is 148 Å². The Morgan fingerprint density at radius 3 is 1.82 bits per heavy atom. The number of nitrogens with zero attached hydrogens (tertiary/aromatic N) is 2. The number of hydrogen-bond donors (Lipinski definition) is 0. The molecule has 0 bridgehead atoms. The molecule has 3 heterocycles. The van der Waals surface area contributed by atoms with Crippen LogP contribution in [0, 0.1) is 12.7 Å². The Morgan fingerprint density at radius 2 is 1.15 bits per heavy atom. The van der Waals surface area contributed by atoms with E-state index in [1.807, 2.05) is 12.1 Å². The van der Waals surface area contributed by atoms with E-state index in [4.69, 9.17) is 4.42 Å². The summed E-state index contributed by atoms with van der Waals surface area (Å²) in [5.74, 6) is 0.242. The van der Waals surface area contributed by atoms with Gasteiger partial charge in [0.1, 0.15) is 11.4 Å². The van der Waals surface area contributed by atoms with E-state index in [2.05, 4.69) is 172 Å². The van der Waals surface area contributed by atoms with Crippen LogP contribution in [0.15, 0.2) is 108 Å². The highest BCUT2D eigenvalue weighted by Gasteiger charge is 2.50. The predicted octanol–water partition coefficient (Wildman–Crippen LogP) is 15.5. The number of halogens is 1. The van der Waals surface area contributed by atoms with Gasteiger partial charge in [0.25, 0.3) is 6.71 Å². The monoisotopic (exact) mass is 885 g/mol. The number of furan rings is 1. The number of hydrogen-bond acceptors (Lipinski definition) is 3. The number of fused-ring (bicyclic) bond motifs is 9. The highest BCUT2D eigenvalue weighted by Crippen LogP contribution is 2.54. The zero-order valence-corrected chi connectivity index (χ0v) is 41.9. The smallest absolute Gasteiger partial charge is 0.297 e. The molecule has 6 aromatic carbocycles. The second-order valence-electron chi connectivity index (χ2n) is 24.6. The lowest BCUT2D eigenvalue weighted by Crippen LogP contribution is -2.61. The van der Waals surface area contributed by atoms with Gasteiger partial charge >= 0.3 is 0 Å². The highest BCUT2D eigenvalue weighted by molar-refractivity contribution is 7.00. The molecule has 0 spiro atoms. The summed E-state index contributed by atoms with van der Waals surface area (Å²) in [7, 11) is 0. The molecule has 67 heavy (non-hydrogen) atoms. The Bertz CT molecular complexity index is 3240. The number of anilines is 6. The summed E-state index contributed by atoms with van der Waals surface area (Å²) in [4.78, 5) is 5.12. The van der Waals surface area contributed by atoms with Crippen LogP contribution < -0.4 is 26.4 Å². The average molecular weight is 885 g/mol. The largest absolute Gasteiger partial charge is 0.468 e. The molecule has 0 saturated carbocycles. The van der Waals surface area contributed by atoms with Gasteiger partial charge in [0.15, 0.2) is 0 Å². The van der Waals surface area contributed by atoms with Gasteiger partial charge in [-0.1, -0.05) is 119 Å². The molecule has 2 aliphatic heterocycles. The molecule has 1 atom stereocenters. The molecule has 0 N–H and O–H groups in total. The fourth-order valence-electron chi connectivity index (χ4n) is 13.3. The molecule has 3 nitrogen and oxygen atoms in total. The first-order valence-electron chi connectivity index (χ1n) is 25.2. The standard InChI is InChI=1S/C62H66BFN2O/c1-36-29-52-55-53(30-36)66(39-19-17-38(18-20-39)41-15-13-14-16-50(41)64)56-43-32-45-42(37(2)23-24-58(45,3)4)33-54(43)67-57(56)63(55)49-34-47-48(62(11,12)28-27-61(47,9)10)35-51(49)65(52)40-21-22-44-46(31-40)60(7,8)26-25-59(44,5)6/h13-22,29-35,37H,23-28H2,1-12H3. The molecule has 0 amide bonds. The van der Waals surface area contributed by atoms with Crippen molar-refractivity contribution in [2.45, 2.75) is 155 Å². The zero-order valence-electron chi connectivity index (χ0n) is 41.9. The van der Waals surface area contributed by atoms with Gasteiger partial charge in [0.05, 0.1) is 11.3 Å². The molecule has 1 unspecified atom stereocenters. The molecule has 0 saturated heterocycles. The molecule has 0 radical (unpaired) electrons. The Morgan fingerprint density at radius 1 is 0.567 bits per heavy atom. The van der Waals surface area contributed by atoms with Gasteiger partial charge in [0, 0.05) is 39.4 Å². The summed E-state index contributed by atoms with van der Waals surface area (Å²) in [5.41, 5.74) is 23.2. The lowest BCUT2D eigenvalue weighted by molar-refractivity contribution is 0.332. The third-order valence-corrected chi connectivity index (χ3v) is 17.8. The summed E-state index contributed by atoms with van der Waals surface area (Å²) in [6, 6.07) is 38.0. The highest BCUT2D eigenvalue weighted by atomic mass is 19.1. The van der Waals surface area contributed by atoms with Crippen molar-refractivity contribution in [1.82, 2.24) is 0 Å². The Balaban J connectivity index is 1.19. The van der Waals surface area contributed by atoms with Crippen LogP contribution in [0.3, 0.4) is 0 Å². The van der Waals surface area contributed by atoms with Crippen molar-refractivity contribution in [3.8, 4) is 11.1 Å². The molecule has 7 aromatic rings. The van der Waals surface area contributed by atoms with Crippen LogP contribution in [-0.4, -0.2) is 6.71 Å². The average Bonchev–Trinajstić information content (AvgIpc) is 3.65. The first kappa shape index (κ1) is 42.8. The van der Waals surface area contributed by atoms with E-state index in [-0.39, 0.29) is 39.6 Å². The van der Waals surface area contributed by atoms with Crippen LogP contribution in [0.25, 0.3) is 22.1 Å². The Kier molecular flexibility index (Phi) is 8.95. The topological polar surface area (TPSA) is 19.6 Å². The summed E-state index contributed by atoms with van der Waals surface area (Å²) >= 11 is 0. The van der Waals surface area contributed by atoms with Crippen LogP contribution in [0.1, 0.15) is 160 Å². The molecule has 5 heteroatoms. The van der Waals surface area contributed by atoms with E-state index >= 15 is 4.39 Å². The van der Waals surface area contributed by atoms with E-state index in [1.54, 1.807) is 12.1 Å². The minimum atomic E-state index is -0.213. The fourth-order valence-corrected chi connectivity index (χ4v) is 13.3. The Hall–Kier alpha value is -5.55. The van der Waals surface area contributed by atoms with Crippen molar-refractivity contribution >= 4 is 68.4 Å². The normalized spacial score (nSPS) is 20.9. The molecule has 0 fully saturated rings. The van der Waals surface area contributed by atoms with E-state index in [0.29, 0.717) is 11.5 Å². The van der Waals surface area contributed by atoms with Crippen LogP contribution >= 0.6 is 0 Å². The van der Waals surface area contributed by atoms with Crippen LogP contribution in [-0.2, 0) is 27.1 Å². The van der Waals surface area contributed by atoms with Gasteiger partial charge in [-0.2, -0.15) is 0 Å². The molecule has 1 aromatic heterocycles. The van der Waals surface area contributed by atoms with E-state index in [1.165, 1.54) is 85.5 Å². The number of benzene rings is 6. The van der Waals surface area contributed by atoms with Crippen LogP contribution in [0.5, 0.6) is 0 Å². The maximum atomic E-state index is 15.3. The zero-order chi connectivity index (χ0) is 46.9. The lowest BCUT2D eigenvalue weighted by atomic mass is 9.35. The Labute approximate surface area is 398 Å². The van der Waals surface area contributed by atoms with Gasteiger partial charge in [-0.05, 0) is 195 Å². The van der Waals surface area contributed by atoms with Gasteiger partial charge < -0.3 is 14.2 Å². The fraction of sp³-hybridized carbons (Fsp3) is 0.387. The van der Waals surface area contributed by atoms with Crippen molar-refractivity contribution in [3.63, 3.8) is 0 Å². The van der Waals surface area contributed by atoms with E-state index in [9.17, 15) is 0 Å². The molecule has 12 rings (SSSR count). The summed E-state index contributed by atoms with van der Waals surface area (Å²) < 4.78 is 22.9. The second kappa shape index (κ2) is 14.0. The van der Waals surface area contributed by atoms with Gasteiger partial charge in [0.2, 0.25) is 0 Å². The second-order valence-corrected chi connectivity index (χ2v) is 24.6. The third-order valence-electron chi connectivity index (χ3n) is 17.8. The van der Waals surface area contributed by atoms with Crippen LogP contribution in [0.4, 0.5) is 38.5 Å². The van der Waals surface area contributed by atoms with Crippen molar-refractivity contribution in [1.29, 1.82) is 0 Å². The molecule has 340 valence electrons. The molecule has 3 aliphatic carbocycles. The quantitative estimate of drug-likeness (QED) is 0.165. The van der Waals surface area contributed by atoms with E-state index in [0.717, 1.165) is 59.3 Å². The molecule has 5 aliphatic rings. The summed E-state index contributed by atoms with van der Waals surface area (Å²) in [6.07, 6.45) is 6.95. The van der Waals surface area contributed by atoms with E-state index < -0.39 is 0 Å². The molecular formula is C62H66BFN2O. The van der Waals surface area contributed by atoms with Crippen molar-refractivity contribution < 1.29 is 8.81 Å². The van der Waals surface area contributed by atoms with Crippen LogP contribution in [0.2, 0.25) is 0 Å². The van der Waals surface area contributed by atoms with Gasteiger partial charge in [-0.3, -0.25) is 0 Å². The SMILES string of the molecule is Cc1cc2c3c(c1)N(c1ccc(-c4ccccc4F)cc1)c1c(oc4cc5c(cc14)C(C)(C)CCC5C)B3c1cc3c(cc1N2c1ccc2c(c1)C(C)(C)CCC2(C)C)C(C)(C)CCC3(C)C. The van der Waals surface area contributed by atoms with Gasteiger partial charge in [-0.25, -0.2) is 4.39 Å². The van der Waals surface area contributed by atoms with Crippen molar-refractivity contribution in [2.24, 2.45) is 0 Å². The molecular weight excluding hydrogens is 819 g/mol. The first-order chi connectivity index (χ1) is 31.6. The lowest BCUT2D eigenvalue weighted by Gasteiger charge is -2.47. The minimum Gasteiger partial charge on any atom is -0.468 e.